The molecule has 10 heteroatoms. The molecule has 1 heterocycles. The summed E-state index contributed by atoms with van der Waals surface area (Å²) in [4.78, 5) is 19.8. The Morgan fingerprint density at radius 3 is 2.54 bits per heavy atom. The highest BCUT2D eigenvalue weighted by Crippen LogP contribution is 2.31. The van der Waals surface area contributed by atoms with Crippen molar-refractivity contribution in [2.24, 2.45) is 4.99 Å². The third-order valence-electron chi connectivity index (χ3n) is 4.37. The van der Waals surface area contributed by atoms with E-state index in [1.54, 1.807) is 20.2 Å². The van der Waals surface area contributed by atoms with Gasteiger partial charge in [0.15, 0.2) is 5.96 Å². The first-order chi connectivity index (χ1) is 13.3. The van der Waals surface area contributed by atoms with E-state index in [-0.39, 0.29) is 12.5 Å². The summed E-state index contributed by atoms with van der Waals surface area (Å²) in [6.07, 6.45) is -4.35. The van der Waals surface area contributed by atoms with E-state index in [4.69, 9.17) is 4.74 Å². The molecule has 2 rings (SSSR count). The van der Waals surface area contributed by atoms with Crippen molar-refractivity contribution >= 4 is 17.6 Å². The van der Waals surface area contributed by atoms with Gasteiger partial charge in [0, 0.05) is 52.6 Å². The standard InChI is InChI=1S/C18H26F3N5O2/c1-22-17(24-13-16(27)23-6-11-28-2)26-9-7-25(8-10-26)15-5-3-4-14(12-15)18(19,20)21/h3-5,12H,6-11,13H2,1-2H3,(H,22,24)(H,23,27). The first-order valence-electron chi connectivity index (χ1n) is 8.98. The number of alkyl halides is 3. The van der Waals surface area contributed by atoms with E-state index in [1.807, 2.05) is 9.80 Å². The average Bonchev–Trinajstić information content (AvgIpc) is 2.68. The number of carbonyl (C=O) groups excluding carboxylic acids is 1. The maximum absolute atomic E-state index is 12.9. The lowest BCUT2D eigenvalue weighted by Gasteiger charge is -2.37. The molecular weight excluding hydrogens is 375 g/mol. The Labute approximate surface area is 162 Å². The van der Waals surface area contributed by atoms with Gasteiger partial charge in [-0.15, -0.1) is 0 Å². The SMILES string of the molecule is CN=C(NCC(=O)NCCOC)N1CCN(c2cccc(C(F)(F)F)c2)CC1. The summed E-state index contributed by atoms with van der Waals surface area (Å²) < 4.78 is 43.6. The lowest BCUT2D eigenvalue weighted by Crippen LogP contribution is -2.53. The van der Waals surface area contributed by atoms with E-state index < -0.39 is 11.7 Å². The Hall–Kier alpha value is -2.49. The zero-order chi connectivity index (χ0) is 20.6. The minimum absolute atomic E-state index is 0.0875. The number of amides is 1. The number of piperazine rings is 1. The van der Waals surface area contributed by atoms with Crippen molar-refractivity contribution in [3.05, 3.63) is 29.8 Å². The zero-order valence-electron chi connectivity index (χ0n) is 16.1. The molecule has 28 heavy (non-hydrogen) atoms. The van der Waals surface area contributed by atoms with Gasteiger partial charge in [0.05, 0.1) is 18.7 Å². The molecule has 2 N–H and O–H groups in total. The fourth-order valence-corrected chi connectivity index (χ4v) is 2.90. The molecule has 1 aliphatic rings. The molecular formula is C18H26F3N5O2. The van der Waals surface area contributed by atoms with Crippen molar-refractivity contribution in [1.82, 2.24) is 15.5 Å². The number of carbonyl (C=O) groups is 1. The number of benzene rings is 1. The normalized spacial score (nSPS) is 15.5. The van der Waals surface area contributed by atoms with Gasteiger partial charge in [-0.25, -0.2) is 0 Å². The van der Waals surface area contributed by atoms with Gasteiger partial charge in [-0.3, -0.25) is 9.79 Å². The van der Waals surface area contributed by atoms with Crippen LogP contribution in [-0.2, 0) is 15.7 Å². The molecule has 0 unspecified atom stereocenters. The number of ether oxygens (including phenoxy) is 1. The molecule has 0 radical (unpaired) electrons. The monoisotopic (exact) mass is 401 g/mol. The number of rotatable bonds is 6. The van der Waals surface area contributed by atoms with Crippen LogP contribution in [0.2, 0.25) is 0 Å². The topological polar surface area (TPSA) is 69.2 Å². The van der Waals surface area contributed by atoms with Crippen LogP contribution < -0.4 is 15.5 Å². The summed E-state index contributed by atoms with van der Waals surface area (Å²) in [5.74, 6) is 0.423. The fraction of sp³-hybridized carbons (Fsp3) is 0.556. The van der Waals surface area contributed by atoms with E-state index in [0.29, 0.717) is 51.0 Å². The van der Waals surface area contributed by atoms with Crippen molar-refractivity contribution in [1.29, 1.82) is 0 Å². The van der Waals surface area contributed by atoms with Crippen LogP contribution in [0.3, 0.4) is 0 Å². The van der Waals surface area contributed by atoms with Crippen molar-refractivity contribution in [2.45, 2.75) is 6.18 Å². The molecule has 0 bridgehead atoms. The molecule has 1 aromatic rings. The van der Waals surface area contributed by atoms with Crippen molar-refractivity contribution < 1.29 is 22.7 Å². The van der Waals surface area contributed by atoms with Gasteiger partial charge in [0.1, 0.15) is 0 Å². The zero-order valence-corrected chi connectivity index (χ0v) is 16.1. The van der Waals surface area contributed by atoms with Crippen LogP contribution in [0, 0.1) is 0 Å². The average molecular weight is 401 g/mol. The lowest BCUT2D eigenvalue weighted by molar-refractivity contribution is -0.137. The fourth-order valence-electron chi connectivity index (χ4n) is 2.90. The number of guanidine groups is 1. The van der Waals surface area contributed by atoms with Crippen LogP contribution >= 0.6 is 0 Å². The Kier molecular flexibility index (Phi) is 7.91. The third-order valence-corrected chi connectivity index (χ3v) is 4.37. The molecule has 7 nitrogen and oxygen atoms in total. The Morgan fingerprint density at radius 2 is 1.93 bits per heavy atom. The number of aliphatic imine (C=N–C) groups is 1. The van der Waals surface area contributed by atoms with Gasteiger partial charge in [-0.1, -0.05) is 6.07 Å². The number of nitrogens with one attached hydrogen (secondary N) is 2. The highest BCUT2D eigenvalue weighted by atomic mass is 19.4. The predicted octanol–water partition coefficient (Wildman–Crippen LogP) is 1.17. The van der Waals surface area contributed by atoms with Crippen LogP contribution in [0.1, 0.15) is 5.56 Å². The second-order valence-corrected chi connectivity index (χ2v) is 6.27. The molecule has 1 aliphatic heterocycles. The summed E-state index contributed by atoms with van der Waals surface area (Å²) in [7, 11) is 3.19. The summed E-state index contributed by atoms with van der Waals surface area (Å²) in [5, 5.41) is 5.72. The molecule has 1 saturated heterocycles. The minimum atomic E-state index is -4.35. The second-order valence-electron chi connectivity index (χ2n) is 6.27. The molecule has 1 amide bonds. The van der Waals surface area contributed by atoms with Crippen LogP contribution in [0.4, 0.5) is 18.9 Å². The van der Waals surface area contributed by atoms with E-state index in [1.165, 1.54) is 12.1 Å². The van der Waals surface area contributed by atoms with Gasteiger partial charge < -0.3 is 25.2 Å². The lowest BCUT2D eigenvalue weighted by atomic mass is 10.1. The maximum Gasteiger partial charge on any atom is 0.416 e. The smallest absolute Gasteiger partial charge is 0.383 e. The number of anilines is 1. The molecule has 1 aromatic carbocycles. The molecule has 1 fully saturated rings. The van der Waals surface area contributed by atoms with Crippen molar-refractivity contribution in [2.75, 3.05) is 64.9 Å². The second kappa shape index (κ2) is 10.2. The van der Waals surface area contributed by atoms with E-state index in [2.05, 4.69) is 15.6 Å². The minimum Gasteiger partial charge on any atom is -0.383 e. The molecule has 0 saturated carbocycles. The summed E-state index contributed by atoms with van der Waals surface area (Å²) in [6.45, 7) is 3.25. The Balaban J connectivity index is 1.86. The number of hydrogen-bond donors (Lipinski definition) is 2. The highest BCUT2D eigenvalue weighted by molar-refractivity contribution is 5.86. The van der Waals surface area contributed by atoms with Gasteiger partial charge in [0.25, 0.3) is 0 Å². The van der Waals surface area contributed by atoms with E-state index >= 15 is 0 Å². The maximum atomic E-state index is 12.9. The first-order valence-corrected chi connectivity index (χ1v) is 8.98. The van der Waals surface area contributed by atoms with Gasteiger partial charge in [-0.2, -0.15) is 13.2 Å². The molecule has 156 valence electrons. The summed E-state index contributed by atoms with van der Waals surface area (Å²) in [5.41, 5.74) is -0.0978. The number of nitrogens with zero attached hydrogens (tertiary/aromatic N) is 3. The molecule has 0 aliphatic carbocycles. The van der Waals surface area contributed by atoms with Crippen molar-refractivity contribution in [3.63, 3.8) is 0 Å². The first kappa shape index (κ1) is 21.8. The summed E-state index contributed by atoms with van der Waals surface area (Å²) in [6, 6.07) is 5.35. The van der Waals surface area contributed by atoms with E-state index in [0.717, 1.165) is 6.07 Å². The Bertz CT molecular complexity index is 673. The van der Waals surface area contributed by atoms with Gasteiger partial charge in [-0.05, 0) is 18.2 Å². The number of hydrogen-bond acceptors (Lipinski definition) is 4. The molecule has 0 spiro atoms. The summed E-state index contributed by atoms with van der Waals surface area (Å²) >= 11 is 0. The molecule has 0 atom stereocenters. The quantitative estimate of drug-likeness (QED) is 0.426. The number of methoxy groups -OCH3 is 1. The molecule has 0 aromatic heterocycles. The van der Waals surface area contributed by atoms with Crippen LogP contribution in [0.5, 0.6) is 0 Å². The van der Waals surface area contributed by atoms with Gasteiger partial charge in [0.2, 0.25) is 5.91 Å². The van der Waals surface area contributed by atoms with E-state index in [9.17, 15) is 18.0 Å². The predicted molar refractivity (Wildman–Crippen MR) is 101 cm³/mol. The highest BCUT2D eigenvalue weighted by Gasteiger charge is 2.31. The van der Waals surface area contributed by atoms with Gasteiger partial charge >= 0.3 is 6.18 Å². The Morgan fingerprint density at radius 1 is 1.21 bits per heavy atom. The van der Waals surface area contributed by atoms with Crippen LogP contribution in [0.25, 0.3) is 0 Å². The third kappa shape index (κ3) is 6.29. The number of halogens is 3. The largest absolute Gasteiger partial charge is 0.416 e. The van der Waals surface area contributed by atoms with Crippen molar-refractivity contribution in [3.8, 4) is 0 Å². The van der Waals surface area contributed by atoms with Crippen LogP contribution in [0.15, 0.2) is 29.3 Å². The van der Waals surface area contributed by atoms with Crippen LogP contribution in [-0.4, -0.2) is 76.8 Å².